The summed E-state index contributed by atoms with van der Waals surface area (Å²) in [4.78, 5) is 12.2. The first-order valence-corrected chi connectivity index (χ1v) is 8.12. The summed E-state index contributed by atoms with van der Waals surface area (Å²) in [6.45, 7) is 5.73. The van der Waals surface area contributed by atoms with Crippen LogP contribution in [0.1, 0.15) is 23.9 Å². The number of carbonyl (C=O) groups is 1. The molecule has 7 nitrogen and oxygen atoms in total. The zero-order chi connectivity index (χ0) is 17.8. The minimum absolute atomic E-state index is 0.0499. The van der Waals surface area contributed by atoms with E-state index < -0.39 is 0 Å². The SMILES string of the molecule is Cc1noc(C)c1CC(C)NC(=O)Nc1cccc(-n2cccn2)c1. The van der Waals surface area contributed by atoms with Crippen molar-refractivity contribution in [2.45, 2.75) is 33.2 Å². The molecule has 0 aliphatic heterocycles. The van der Waals surface area contributed by atoms with Gasteiger partial charge in [0.1, 0.15) is 5.76 Å². The van der Waals surface area contributed by atoms with Crippen molar-refractivity contribution in [1.29, 1.82) is 0 Å². The van der Waals surface area contributed by atoms with E-state index >= 15 is 0 Å². The van der Waals surface area contributed by atoms with Crippen molar-refractivity contribution in [2.24, 2.45) is 0 Å². The number of carbonyl (C=O) groups excluding carboxylic acids is 1. The molecular weight excluding hydrogens is 318 g/mol. The lowest BCUT2D eigenvalue weighted by Crippen LogP contribution is -2.37. The maximum absolute atomic E-state index is 12.2. The molecule has 1 aromatic carbocycles. The third kappa shape index (κ3) is 4.06. The molecule has 2 N–H and O–H groups in total. The summed E-state index contributed by atoms with van der Waals surface area (Å²) in [5, 5.41) is 13.9. The van der Waals surface area contributed by atoms with E-state index in [1.807, 2.05) is 57.3 Å². The number of nitrogens with zero attached hydrogens (tertiary/aromatic N) is 3. The molecule has 0 radical (unpaired) electrons. The fourth-order valence-corrected chi connectivity index (χ4v) is 2.69. The van der Waals surface area contributed by atoms with Gasteiger partial charge >= 0.3 is 6.03 Å². The van der Waals surface area contributed by atoms with Crippen LogP contribution in [0.15, 0.2) is 47.2 Å². The number of urea groups is 1. The third-order valence-electron chi connectivity index (χ3n) is 3.94. The maximum atomic E-state index is 12.2. The van der Waals surface area contributed by atoms with Gasteiger partial charge in [0.05, 0.1) is 11.4 Å². The molecule has 7 heteroatoms. The third-order valence-corrected chi connectivity index (χ3v) is 3.94. The van der Waals surface area contributed by atoms with Gasteiger partial charge in [-0.25, -0.2) is 9.48 Å². The quantitative estimate of drug-likeness (QED) is 0.747. The Bertz CT molecular complexity index is 835. The number of amides is 2. The molecule has 130 valence electrons. The zero-order valence-electron chi connectivity index (χ0n) is 14.5. The Morgan fingerprint density at radius 3 is 2.84 bits per heavy atom. The highest BCUT2D eigenvalue weighted by Gasteiger charge is 2.14. The van der Waals surface area contributed by atoms with Crippen LogP contribution in [-0.2, 0) is 6.42 Å². The molecule has 0 saturated carbocycles. The number of nitrogens with one attached hydrogen (secondary N) is 2. The molecule has 25 heavy (non-hydrogen) atoms. The lowest BCUT2D eigenvalue weighted by atomic mass is 10.1. The number of benzene rings is 1. The minimum Gasteiger partial charge on any atom is -0.361 e. The van der Waals surface area contributed by atoms with Gasteiger partial charge in [0.2, 0.25) is 0 Å². The normalized spacial score (nSPS) is 12.0. The summed E-state index contributed by atoms with van der Waals surface area (Å²) < 4.78 is 6.90. The van der Waals surface area contributed by atoms with E-state index in [1.165, 1.54) is 0 Å². The van der Waals surface area contributed by atoms with Gasteiger partial charge in [-0.1, -0.05) is 11.2 Å². The number of hydrogen-bond donors (Lipinski definition) is 2. The van der Waals surface area contributed by atoms with Gasteiger partial charge in [-0.3, -0.25) is 0 Å². The van der Waals surface area contributed by atoms with Crippen LogP contribution < -0.4 is 10.6 Å². The van der Waals surface area contributed by atoms with E-state index in [-0.39, 0.29) is 12.1 Å². The largest absolute Gasteiger partial charge is 0.361 e. The number of hydrogen-bond acceptors (Lipinski definition) is 4. The molecule has 2 amide bonds. The molecular formula is C18H21N5O2. The van der Waals surface area contributed by atoms with Crippen molar-refractivity contribution in [3.63, 3.8) is 0 Å². The van der Waals surface area contributed by atoms with Crippen LogP contribution >= 0.6 is 0 Å². The lowest BCUT2D eigenvalue weighted by molar-refractivity contribution is 0.249. The molecule has 0 spiro atoms. The van der Waals surface area contributed by atoms with Gasteiger partial charge in [0, 0.05) is 29.7 Å². The molecule has 3 rings (SSSR count). The van der Waals surface area contributed by atoms with Crippen molar-refractivity contribution in [3.05, 3.63) is 59.7 Å². The van der Waals surface area contributed by atoms with Crippen molar-refractivity contribution in [1.82, 2.24) is 20.3 Å². The van der Waals surface area contributed by atoms with Crippen molar-refractivity contribution < 1.29 is 9.32 Å². The summed E-state index contributed by atoms with van der Waals surface area (Å²) in [5.41, 5.74) is 3.48. The van der Waals surface area contributed by atoms with Gasteiger partial charge in [0.25, 0.3) is 0 Å². The first-order valence-electron chi connectivity index (χ1n) is 8.12. The van der Waals surface area contributed by atoms with E-state index in [1.54, 1.807) is 10.9 Å². The van der Waals surface area contributed by atoms with Crippen LogP contribution in [0.5, 0.6) is 0 Å². The van der Waals surface area contributed by atoms with Crippen LogP contribution in [0.25, 0.3) is 5.69 Å². The predicted molar refractivity (Wildman–Crippen MR) is 94.9 cm³/mol. The summed E-state index contributed by atoms with van der Waals surface area (Å²) in [6, 6.07) is 9.05. The van der Waals surface area contributed by atoms with Gasteiger partial charge < -0.3 is 15.2 Å². The molecule has 0 fully saturated rings. The Morgan fingerprint density at radius 1 is 1.32 bits per heavy atom. The number of aryl methyl sites for hydroxylation is 2. The second-order valence-electron chi connectivity index (χ2n) is 6.01. The Kier molecular flexibility index (Phi) is 4.83. The van der Waals surface area contributed by atoms with E-state index in [0.29, 0.717) is 12.1 Å². The molecule has 0 aliphatic rings. The van der Waals surface area contributed by atoms with Gasteiger partial charge in [-0.15, -0.1) is 0 Å². The predicted octanol–water partition coefficient (Wildman–Crippen LogP) is 3.23. The standard InChI is InChI=1S/C18H21N5O2/c1-12(10-17-13(2)22-25-14(17)3)20-18(24)21-15-6-4-7-16(11-15)23-9-5-8-19-23/h4-9,11-12H,10H2,1-3H3,(H2,20,21,24). The second kappa shape index (κ2) is 7.21. The molecule has 3 aromatic rings. The Morgan fingerprint density at radius 2 is 2.16 bits per heavy atom. The van der Waals surface area contributed by atoms with E-state index in [2.05, 4.69) is 20.9 Å². The molecule has 2 aromatic heterocycles. The fraction of sp³-hybridized carbons (Fsp3) is 0.278. The highest BCUT2D eigenvalue weighted by atomic mass is 16.5. The summed E-state index contributed by atoms with van der Waals surface area (Å²) in [7, 11) is 0. The second-order valence-corrected chi connectivity index (χ2v) is 6.01. The average Bonchev–Trinajstić information content (AvgIpc) is 3.21. The molecule has 2 heterocycles. The first-order chi connectivity index (χ1) is 12.0. The van der Waals surface area contributed by atoms with Crippen LogP contribution in [0, 0.1) is 13.8 Å². The Labute approximate surface area is 146 Å². The molecule has 0 bridgehead atoms. The van der Waals surface area contributed by atoms with Crippen LogP contribution in [0.2, 0.25) is 0 Å². The average molecular weight is 339 g/mol. The fourth-order valence-electron chi connectivity index (χ4n) is 2.69. The van der Waals surface area contributed by atoms with Gasteiger partial charge in [-0.2, -0.15) is 5.10 Å². The molecule has 0 saturated heterocycles. The summed E-state index contributed by atoms with van der Waals surface area (Å²) in [5.74, 6) is 0.790. The van der Waals surface area contributed by atoms with Crippen molar-refractivity contribution in [2.75, 3.05) is 5.32 Å². The Hall–Kier alpha value is -3.09. The van der Waals surface area contributed by atoms with Gasteiger partial charge in [0.15, 0.2) is 0 Å². The smallest absolute Gasteiger partial charge is 0.319 e. The van der Waals surface area contributed by atoms with Crippen LogP contribution in [-0.4, -0.2) is 27.0 Å². The Balaban J connectivity index is 1.60. The van der Waals surface area contributed by atoms with E-state index in [9.17, 15) is 4.79 Å². The lowest BCUT2D eigenvalue weighted by Gasteiger charge is -2.15. The molecule has 1 atom stereocenters. The van der Waals surface area contributed by atoms with Crippen LogP contribution in [0.3, 0.4) is 0 Å². The maximum Gasteiger partial charge on any atom is 0.319 e. The van der Waals surface area contributed by atoms with Gasteiger partial charge in [-0.05, 0) is 51.5 Å². The van der Waals surface area contributed by atoms with Crippen molar-refractivity contribution >= 4 is 11.7 Å². The summed E-state index contributed by atoms with van der Waals surface area (Å²) >= 11 is 0. The highest BCUT2D eigenvalue weighted by Crippen LogP contribution is 2.15. The summed E-state index contributed by atoms with van der Waals surface area (Å²) in [6.07, 6.45) is 4.23. The molecule has 0 aliphatic carbocycles. The zero-order valence-corrected chi connectivity index (χ0v) is 14.5. The molecule has 1 unspecified atom stereocenters. The number of rotatable bonds is 5. The number of anilines is 1. The van der Waals surface area contributed by atoms with Crippen LogP contribution in [0.4, 0.5) is 10.5 Å². The topological polar surface area (TPSA) is 85.0 Å². The van der Waals surface area contributed by atoms with E-state index in [0.717, 1.165) is 22.7 Å². The number of aromatic nitrogens is 3. The van der Waals surface area contributed by atoms with E-state index in [4.69, 9.17) is 4.52 Å². The monoisotopic (exact) mass is 339 g/mol. The highest BCUT2D eigenvalue weighted by molar-refractivity contribution is 5.89. The van der Waals surface area contributed by atoms with Crippen molar-refractivity contribution in [3.8, 4) is 5.69 Å². The first kappa shape index (κ1) is 16.8. The minimum atomic E-state index is -0.253.